The first-order valence-corrected chi connectivity index (χ1v) is 6.18. The monoisotopic (exact) mass is 231 g/mol. The van der Waals surface area contributed by atoms with E-state index in [-0.39, 0.29) is 5.75 Å². The fourth-order valence-corrected chi connectivity index (χ4v) is 1.72. The maximum atomic E-state index is 10.3. The summed E-state index contributed by atoms with van der Waals surface area (Å²) in [6, 6.07) is 0. The summed E-state index contributed by atoms with van der Waals surface area (Å²) in [6.45, 7) is 11.6. The van der Waals surface area contributed by atoms with Gasteiger partial charge < -0.3 is 4.55 Å². The van der Waals surface area contributed by atoms with Crippen LogP contribution in [0.4, 0.5) is 0 Å². The Morgan fingerprint density at radius 1 is 1.07 bits per heavy atom. The SMILES string of the molecule is C=C[N+](C=C)(C=C)CCCCS(=O)(=O)[O-]. The molecule has 0 aromatic rings. The van der Waals surface area contributed by atoms with Crippen LogP contribution in [0.15, 0.2) is 38.3 Å². The van der Waals surface area contributed by atoms with E-state index in [0.717, 1.165) is 0 Å². The van der Waals surface area contributed by atoms with Crippen LogP contribution in [0.3, 0.4) is 0 Å². The number of hydrogen-bond donors (Lipinski definition) is 0. The Balaban J connectivity index is 4.09. The van der Waals surface area contributed by atoms with Gasteiger partial charge in [-0.2, -0.15) is 0 Å². The number of quaternary nitrogens is 1. The Kier molecular flexibility index (Phi) is 5.49. The van der Waals surface area contributed by atoms with Crippen molar-refractivity contribution in [3.05, 3.63) is 38.3 Å². The fourth-order valence-electron chi connectivity index (χ4n) is 1.16. The van der Waals surface area contributed by atoms with E-state index in [9.17, 15) is 13.0 Å². The first kappa shape index (κ1) is 14.1. The third-order valence-electron chi connectivity index (χ3n) is 2.21. The van der Waals surface area contributed by atoms with E-state index in [0.29, 0.717) is 23.9 Å². The second-order valence-corrected chi connectivity index (χ2v) is 4.76. The van der Waals surface area contributed by atoms with Crippen molar-refractivity contribution in [2.24, 2.45) is 0 Å². The van der Waals surface area contributed by atoms with Crippen LogP contribution in [0, 0.1) is 0 Å². The second-order valence-electron chi connectivity index (χ2n) is 3.24. The number of nitrogens with zero attached hydrogens (tertiary/aromatic N) is 1. The summed E-state index contributed by atoms with van der Waals surface area (Å²) < 4.78 is 31.3. The van der Waals surface area contributed by atoms with Gasteiger partial charge in [-0.15, -0.1) is 0 Å². The summed E-state index contributed by atoms with van der Waals surface area (Å²) in [6.07, 6.45) is 5.93. The Labute approximate surface area is 91.6 Å². The molecule has 0 rings (SSSR count). The predicted molar refractivity (Wildman–Crippen MR) is 59.5 cm³/mol. The summed E-state index contributed by atoms with van der Waals surface area (Å²) in [5.41, 5.74) is 0. The van der Waals surface area contributed by atoms with Gasteiger partial charge in [0.2, 0.25) is 0 Å². The summed E-state index contributed by atoms with van der Waals surface area (Å²) in [5, 5.41) is 0. The van der Waals surface area contributed by atoms with E-state index in [2.05, 4.69) is 19.7 Å². The molecule has 0 saturated heterocycles. The Morgan fingerprint density at radius 2 is 1.53 bits per heavy atom. The summed E-state index contributed by atoms with van der Waals surface area (Å²) in [5.74, 6) is -0.321. The Hall–Kier alpha value is -0.910. The zero-order valence-corrected chi connectivity index (χ0v) is 9.58. The van der Waals surface area contributed by atoms with Crippen molar-refractivity contribution in [3.63, 3.8) is 0 Å². The predicted octanol–water partition coefficient (Wildman–Crippen LogP) is 1.56. The van der Waals surface area contributed by atoms with Gasteiger partial charge in [-0.3, -0.25) is 0 Å². The van der Waals surface area contributed by atoms with Crippen molar-refractivity contribution in [2.45, 2.75) is 12.8 Å². The Bertz CT molecular complexity index is 311. The topological polar surface area (TPSA) is 57.2 Å². The van der Waals surface area contributed by atoms with Gasteiger partial charge in [-0.05, 0) is 32.6 Å². The van der Waals surface area contributed by atoms with Crippen molar-refractivity contribution < 1.29 is 17.5 Å². The maximum Gasteiger partial charge on any atom is 0.0977 e. The second kappa shape index (κ2) is 5.85. The molecule has 0 aromatic heterocycles. The number of rotatable bonds is 8. The van der Waals surface area contributed by atoms with Gasteiger partial charge in [0.05, 0.1) is 35.3 Å². The van der Waals surface area contributed by atoms with Gasteiger partial charge in [-0.25, -0.2) is 12.9 Å². The number of hydrogen-bond acceptors (Lipinski definition) is 3. The minimum Gasteiger partial charge on any atom is -0.748 e. The van der Waals surface area contributed by atoms with Crippen LogP contribution in [0.25, 0.3) is 0 Å². The van der Waals surface area contributed by atoms with Crippen molar-refractivity contribution in [2.75, 3.05) is 12.3 Å². The minimum atomic E-state index is -4.10. The van der Waals surface area contributed by atoms with Crippen LogP contribution in [0.2, 0.25) is 0 Å². The highest BCUT2D eigenvalue weighted by Crippen LogP contribution is 2.11. The third kappa shape index (κ3) is 5.51. The molecule has 0 fully saturated rings. The van der Waals surface area contributed by atoms with Crippen LogP contribution >= 0.6 is 0 Å². The molecule has 15 heavy (non-hydrogen) atoms. The quantitative estimate of drug-likeness (QED) is 0.362. The van der Waals surface area contributed by atoms with Crippen molar-refractivity contribution in [3.8, 4) is 0 Å². The average molecular weight is 231 g/mol. The molecule has 0 radical (unpaired) electrons. The maximum absolute atomic E-state index is 10.3. The van der Waals surface area contributed by atoms with Crippen molar-refractivity contribution in [1.29, 1.82) is 0 Å². The molecule has 0 atom stereocenters. The largest absolute Gasteiger partial charge is 0.748 e. The van der Waals surface area contributed by atoms with Crippen LogP contribution in [-0.4, -0.2) is 29.8 Å². The zero-order chi connectivity index (χ0) is 11.9. The lowest BCUT2D eigenvalue weighted by molar-refractivity contribution is -0.772. The average Bonchev–Trinajstić information content (AvgIpc) is 2.18. The number of unbranched alkanes of at least 4 members (excludes halogenated alkanes) is 1. The van der Waals surface area contributed by atoms with Gasteiger partial charge in [0.15, 0.2) is 0 Å². The lowest BCUT2D eigenvalue weighted by atomic mass is 10.3. The van der Waals surface area contributed by atoms with E-state index in [4.69, 9.17) is 0 Å². The molecule has 0 unspecified atom stereocenters. The highest BCUT2D eigenvalue weighted by atomic mass is 32.2. The van der Waals surface area contributed by atoms with Crippen molar-refractivity contribution in [1.82, 2.24) is 0 Å². The van der Waals surface area contributed by atoms with Crippen molar-refractivity contribution >= 4 is 10.1 Å². The first-order chi connectivity index (χ1) is 6.89. The van der Waals surface area contributed by atoms with E-state index >= 15 is 0 Å². The molecule has 0 aliphatic carbocycles. The van der Waals surface area contributed by atoms with Gasteiger partial charge in [0.1, 0.15) is 0 Å². The molecule has 0 N–H and O–H groups in total. The lowest BCUT2D eigenvalue weighted by Crippen LogP contribution is -2.31. The first-order valence-electron chi connectivity index (χ1n) is 4.60. The fraction of sp³-hybridized carbons (Fsp3) is 0.400. The molecule has 5 heteroatoms. The van der Waals surface area contributed by atoms with Crippen LogP contribution in [0.1, 0.15) is 12.8 Å². The molecular formula is C10H17NO3S. The van der Waals surface area contributed by atoms with Gasteiger partial charge in [0, 0.05) is 5.75 Å². The molecule has 0 spiro atoms. The van der Waals surface area contributed by atoms with Gasteiger partial charge in [0.25, 0.3) is 0 Å². The van der Waals surface area contributed by atoms with E-state index in [1.807, 2.05) is 0 Å². The van der Waals surface area contributed by atoms with Gasteiger partial charge >= 0.3 is 0 Å². The summed E-state index contributed by atoms with van der Waals surface area (Å²) >= 11 is 0. The van der Waals surface area contributed by atoms with Crippen LogP contribution in [-0.2, 0) is 10.1 Å². The highest BCUT2D eigenvalue weighted by Gasteiger charge is 2.15. The molecule has 0 aliphatic rings. The Morgan fingerprint density at radius 3 is 1.87 bits per heavy atom. The molecule has 0 saturated carbocycles. The summed E-state index contributed by atoms with van der Waals surface area (Å²) in [7, 11) is -4.10. The minimum absolute atomic E-state index is 0.304. The molecule has 0 aromatic carbocycles. The smallest absolute Gasteiger partial charge is 0.0977 e. The molecule has 0 aliphatic heterocycles. The molecular weight excluding hydrogens is 214 g/mol. The van der Waals surface area contributed by atoms with Crippen LogP contribution < -0.4 is 0 Å². The molecule has 4 nitrogen and oxygen atoms in total. The van der Waals surface area contributed by atoms with Gasteiger partial charge in [-0.1, -0.05) is 0 Å². The highest BCUT2D eigenvalue weighted by molar-refractivity contribution is 7.85. The summed E-state index contributed by atoms with van der Waals surface area (Å²) in [4.78, 5) is 0. The van der Waals surface area contributed by atoms with E-state index in [1.54, 1.807) is 18.6 Å². The zero-order valence-electron chi connectivity index (χ0n) is 8.76. The standard InChI is InChI=1S/C10H17NO3S/c1-4-11(5-2,6-3)9-7-8-10-15(12,13)14/h4-6H,1-3,7-10H2. The lowest BCUT2D eigenvalue weighted by Gasteiger charge is -2.25. The van der Waals surface area contributed by atoms with Crippen LogP contribution in [0.5, 0.6) is 0 Å². The molecule has 0 heterocycles. The normalized spacial score (nSPS) is 12.1. The third-order valence-corrected chi connectivity index (χ3v) is 3.00. The molecule has 0 amide bonds. The van der Waals surface area contributed by atoms with E-state index in [1.165, 1.54) is 0 Å². The molecule has 0 bridgehead atoms. The molecule has 86 valence electrons. The van der Waals surface area contributed by atoms with E-state index < -0.39 is 10.1 Å².